The Balaban J connectivity index is 4.24. The van der Waals surface area contributed by atoms with Gasteiger partial charge in [0.1, 0.15) is 13.2 Å². The molecule has 6 nitrogen and oxygen atoms in total. The van der Waals surface area contributed by atoms with E-state index in [0.717, 1.165) is 109 Å². The summed E-state index contributed by atoms with van der Waals surface area (Å²) in [5.74, 6) is -0.862. The number of carbonyl (C=O) groups is 3. The molecule has 0 amide bonds. The molecule has 1 unspecified atom stereocenters. The highest BCUT2D eigenvalue weighted by Gasteiger charge is 2.19. The normalized spacial score (nSPS) is 12.6. The third kappa shape index (κ3) is 63.3. The second kappa shape index (κ2) is 65.1. The van der Waals surface area contributed by atoms with Crippen molar-refractivity contribution in [2.24, 2.45) is 0 Å². The fraction of sp³-hybridized carbons (Fsp3) is 0.761. The van der Waals surface area contributed by atoms with Gasteiger partial charge in [-0.25, -0.2) is 0 Å². The minimum atomic E-state index is -0.775. The highest BCUT2D eigenvalue weighted by atomic mass is 16.6. The van der Waals surface area contributed by atoms with Crippen molar-refractivity contribution in [3.8, 4) is 0 Å². The Morgan fingerprint density at radius 1 is 0.273 bits per heavy atom. The monoisotopic (exact) mass is 1070 g/mol. The third-order valence-electron chi connectivity index (χ3n) is 14.4. The quantitative estimate of drug-likeness (QED) is 0.0261. The first-order valence-corrected chi connectivity index (χ1v) is 33.1. The molecule has 0 aliphatic rings. The largest absolute Gasteiger partial charge is 0.462 e. The topological polar surface area (TPSA) is 78.9 Å². The van der Waals surface area contributed by atoms with Gasteiger partial charge in [-0.3, -0.25) is 14.4 Å². The molecule has 444 valence electrons. The number of hydrogen-bond acceptors (Lipinski definition) is 6. The number of unbranched alkanes of at least 4 members (excludes halogenated alkanes) is 35. The van der Waals surface area contributed by atoms with Gasteiger partial charge in [-0.15, -0.1) is 0 Å². The number of carbonyl (C=O) groups excluding carboxylic acids is 3. The first kappa shape index (κ1) is 73.6. The van der Waals surface area contributed by atoms with Gasteiger partial charge in [-0.2, -0.15) is 0 Å². The summed E-state index contributed by atoms with van der Waals surface area (Å²) < 4.78 is 16.9. The summed E-state index contributed by atoms with van der Waals surface area (Å²) in [5, 5.41) is 0. The molecule has 0 heterocycles. The van der Waals surface area contributed by atoms with Gasteiger partial charge in [0.05, 0.1) is 0 Å². The van der Waals surface area contributed by atoms with Gasteiger partial charge in [-0.1, -0.05) is 318 Å². The molecule has 0 radical (unpaired) electrons. The summed E-state index contributed by atoms with van der Waals surface area (Å²) in [4.78, 5) is 38.3. The maximum atomic E-state index is 12.9. The zero-order chi connectivity index (χ0) is 55.7. The highest BCUT2D eigenvalue weighted by molar-refractivity contribution is 5.71. The number of hydrogen-bond donors (Lipinski definition) is 0. The standard InChI is InChI=1S/C71H124O6/c1-4-7-10-13-16-19-22-25-27-28-29-30-31-32-33-34-35-36-37-38-39-40-41-42-44-46-49-52-55-58-61-64-70(73)76-67-68(66-75-69(72)63-60-57-54-51-48-45-24-21-18-15-12-9-6-3)77-71(74)65-62-59-56-53-50-47-43-26-23-20-17-14-11-8-5-2/h7,10,16,19,25,27,29-30,32-33,35-36,38-39,68H,4-6,8-9,11-15,17-18,20-24,26,28,31,34,37,40-67H2,1-3H3/b10-7-,19-16-,27-25-,30-29-,33-32-,36-35-,39-38-. The molecule has 0 fully saturated rings. The van der Waals surface area contributed by atoms with Crippen LogP contribution in [0.1, 0.15) is 329 Å². The molecular weight excluding hydrogens is 949 g/mol. The molecule has 0 aliphatic carbocycles. The summed E-state index contributed by atoms with van der Waals surface area (Å²) >= 11 is 0. The molecular formula is C71H124O6. The van der Waals surface area contributed by atoms with E-state index in [1.165, 1.54) is 180 Å². The van der Waals surface area contributed by atoms with Crippen molar-refractivity contribution in [2.45, 2.75) is 335 Å². The van der Waals surface area contributed by atoms with Crippen LogP contribution in [0.4, 0.5) is 0 Å². The van der Waals surface area contributed by atoms with Crippen LogP contribution in [0.2, 0.25) is 0 Å². The Bertz CT molecular complexity index is 1470. The van der Waals surface area contributed by atoms with Crippen LogP contribution in [-0.2, 0) is 28.6 Å². The van der Waals surface area contributed by atoms with Gasteiger partial charge >= 0.3 is 17.9 Å². The van der Waals surface area contributed by atoms with E-state index in [1.807, 2.05) is 0 Å². The van der Waals surface area contributed by atoms with E-state index < -0.39 is 6.10 Å². The van der Waals surface area contributed by atoms with Gasteiger partial charge in [0, 0.05) is 19.3 Å². The molecule has 0 rings (SSSR count). The van der Waals surface area contributed by atoms with Crippen molar-refractivity contribution < 1.29 is 28.6 Å². The molecule has 77 heavy (non-hydrogen) atoms. The Kier molecular flexibility index (Phi) is 62.2. The lowest BCUT2D eigenvalue weighted by Crippen LogP contribution is -2.30. The molecule has 0 bridgehead atoms. The van der Waals surface area contributed by atoms with Crippen molar-refractivity contribution >= 4 is 17.9 Å². The highest BCUT2D eigenvalue weighted by Crippen LogP contribution is 2.17. The second-order valence-corrected chi connectivity index (χ2v) is 22.0. The predicted octanol–water partition coefficient (Wildman–Crippen LogP) is 22.7. The summed E-state index contributed by atoms with van der Waals surface area (Å²) in [6.07, 6.45) is 85.9. The van der Waals surface area contributed by atoms with Crippen molar-refractivity contribution in [3.05, 3.63) is 85.1 Å². The minimum Gasteiger partial charge on any atom is -0.462 e. The van der Waals surface area contributed by atoms with Crippen LogP contribution in [0.5, 0.6) is 0 Å². The van der Waals surface area contributed by atoms with Crippen LogP contribution >= 0.6 is 0 Å². The van der Waals surface area contributed by atoms with Crippen LogP contribution in [0.3, 0.4) is 0 Å². The third-order valence-corrected chi connectivity index (χ3v) is 14.4. The smallest absolute Gasteiger partial charge is 0.306 e. The number of ether oxygens (including phenoxy) is 3. The average molecular weight is 1070 g/mol. The SMILES string of the molecule is CC/C=C\C/C=C\C/C=C\C/C=C\C/C=C\C/C=C\C/C=C\CCCCCCCCCCCC(=O)OCC(COC(=O)CCCCCCCCCCCCCCC)OC(=O)CCCCCCCCCCCCCCCCC. The van der Waals surface area contributed by atoms with E-state index in [0.29, 0.717) is 19.3 Å². The van der Waals surface area contributed by atoms with Gasteiger partial charge in [-0.05, 0) is 77.0 Å². The van der Waals surface area contributed by atoms with E-state index in [4.69, 9.17) is 14.2 Å². The molecule has 0 saturated heterocycles. The number of allylic oxidation sites excluding steroid dienone is 14. The number of rotatable bonds is 60. The van der Waals surface area contributed by atoms with Crippen molar-refractivity contribution in [2.75, 3.05) is 13.2 Å². The molecule has 0 aromatic rings. The molecule has 0 aliphatic heterocycles. The fourth-order valence-corrected chi connectivity index (χ4v) is 9.48. The van der Waals surface area contributed by atoms with Crippen LogP contribution in [0.15, 0.2) is 85.1 Å². The Morgan fingerprint density at radius 2 is 0.506 bits per heavy atom. The Morgan fingerprint density at radius 3 is 0.792 bits per heavy atom. The lowest BCUT2D eigenvalue weighted by molar-refractivity contribution is -0.167. The summed E-state index contributed by atoms with van der Waals surface area (Å²) in [7, 11) is 0. The van der Waals surface area contributed by atoms with Crippen molar-refractivity contribution in [1.82, 2.24) is 0 Å². The lowest BCUT2D eigenvalue weighted by atomic mass is 10.0. The number of esters is 3. The first-order valence-electron chi connectivity index (χ1n) is 33.1. The van der Waals surface area contributed by atoms with Crippen LogP contribution in [0, 0.1) is 0 Å². The molecule has 6 heteroatoms. The molecule has 0 aromatic heterocycles. The van der Waals surface area contributed by atoms with E-state index in [1.54, 1.807) is 0 Å². The van der Waals surface area contributed by atoms with Crippen LogP contribution in [-0.4, -0.2) is 37.2 Å². The predicted molar refractivity (Wildman–Crippen MR) is 334 cm³/mol. The van der Waals surface area contributed by atoms with E-state index in [2.05, 4.69) is 106 Å². The molecule has 0 saturated carbocycles. The van der Waals surface area contributed by atoms with E-state index in [-0.39, 0.29) is 31.1 Å². The molecule has 0 spiro atoms. The molecule has 0 N–H and O–H groups in total. The molecule has 1 atom stereocenters. The van der Waals surface area contributed by atoms with E-state index >= 15 is 0 Å². The minimum absolute atomic E-state index is 0.0725. The van der Waals surface area contributed by atoms with E-state index in [9.17, 15) is 14.4 Å². The average Bonchev–Trinajstić information content (AvgIpc) is 3.43. The van der Waals surface area contributed by atoms with Gasteiger partial charge in [0.15, 0.2) is 6.10 Å². The Hall–Kier alpha value is -3.41. The fourth-order valence-electron chi connectivity index (χ4n) is 9.48. The summed E-state index contributed by atoms with van der Waals surface area (Å²) in [6, 6.07) is 0. The van der Waals surface area contributed by atoms with Gasteiger partial charge in [0.2, 0.25) is 0 Å². The van der Waals surface area contributed by atoms with Gasteiger partial charge < -0.3 is 14.2 Å². The zero-order valence-electron chi connectivity index (χ0n) is 51.0. The van der Waals surface area contributed by atoms with Gasteiger partial charge in [0.25, 0.3) is 0 Å². The molecule has 0 aromatic carbocycles. The second-order valence-electron chi connectivity index (χ2n) is 22.0. The van der Waals surface area contributed by atoms with Crippen molar-refractivity contribution in [3.63, 3.8) is 0 Å². The Labute approximate surface area is 477 Å². The van der Waals surface area contributed by atoms with Crippen LogP contribution < -0.4 is 0 Å². The van der Waals surface area contributed by atoms with Crippen molar-refractivity contribution in [1.29, 1.82) is 0 Å². The summed E-state index contributed by atoms with van der Waals surface area (Å²) in [6.45, 7) is 6.56. The lowest BCUT2D eigenvalue weighted by Gasteiger charge is -2.18. The first-order chi connectivity index (χ1) is 38.0. The summed E-state index contributed by atoms with van der Waals surface area (Å²) in [5.41, 5.74) is 0. The maximum absolute atomic E-state index is 12.9. The van der Waals surface area contributed by atoms with Crippen LogP contribution in [0.25, 0.3) is 0 Å². The maximum Gasteiger partial charge on any atom is 0.306 e. The zero-order valence-corrected chi connectivity index (χ0v) is 51.0.